The maximum atomic E-state index is 12.4. The van der Waals surface area contributed by atoms with Gasteiger partial charge in [-0.1, -0.05) is 6.92 Å². The Bertz CT molecular complexity index is 413. The molecule has 1 aromatic rings. The third-order valence-corrected chi connectivity index (χ3v) is 2.24. The summed E-state index contributed by atoms with van der Waals surface area (Å²) >= 11 is 0. The molecule has 1 nitrogen and oxygen atoms in total. The van der Waals surface area contributed by atoms with Gasteiger partial charge in [0.05, 0.1) is 17.2 Å². The summed E-state index contributed by atoms with van der Waals surface area (Å²) in [5, 5.41) is 8.79. The van der Waals surface area contributed by atoms with Crippen LogP contribution in [0.4, 0.5) is 13.2 Å². The van der Waals surface area contributed by atoms with Crippen molar-refractivity contribution in [1.82, 2.24) is 0 Å². The van der Waals surface area contributed by atoms with Crippen LogP contribution in [0.2, 0.25) is 0 Å². The number of halogens is 3. The number of benzene rings is 1. The fourth-order valence-corrected chi connectivity index (χ4v) is 1.46. The van der Waals surface area contributed by atoms with Gasteiger partial charge in [-0.2, -0.15) is 18.4 Å². The molecule has 0 bridgehead atoms. The summed E-state index contributed by atoms with van der Waals surface area (Å²) in [4.78, 5) is 0. The van der Waals surface area contributed by atoms with Gasteiger partial charge in [0, 0.05) is 0 Å². The van der Waals surface area contributed by atoms with Crippen molar-refractivity contribution < 1.29 is 13.2 Å². The molecule has 0 N–H and O–H groups in total. The fourth-order valence-electron chi connectivity index (χ4n) is 1.46. The average molecular weight is 213 g/mol. The van der Waals surface area contributed by atoms with Crippen molar-refractivity contribution in [1.29, 1.82) is 5.26 Å². The highest BCUT2D eigenvalue weighted by Crippen LogP contribution is 2.32. The van der Waals surface area contributed by atoms with Crippen LogP contribution in [0, 0.1) is 18.3 Å². The molecule has 15 heavy (non-hydrogen) atoms. The molecule has 0 fully saturated rings. The molecule has 0 atom stereocenters. The first-order valence-electron chi connectivity index (χ1n) is 4.51. The molecule has 80 valence electrons. The van der Waals surface area contributed by atoms with Gasteiger partial charge in [-0.05, 0) is 36.6 Å². The number of rotatable bonds is 1. The van der Waals surface area contributed by atoms with Gasteiger partial charge < -0.3 is 0 Å². The first-order valence-corrected chi connectivity index (χ1v) is 4.51. The highest BCUT2D eigenvalue weighted by Gasteiger charge is 2.31. The van der Waals surface area contributed by atoms with Gasteiger partial charge in [-0.15, -0.1) is 0 Å². The predicted molar refractivity (Wildman–Crippen MR) is 50.3 cm³/mol. The Hall–Kier alpha value is -1.50. The van der Waals surface area contributed by atoms with Gasteiger partial charge >= 0.3 is 6.18 Å². The maximum absolute atomic E-state index is 12.4. The predicted octanol–water partition coefficient (Wildman–Crippen LogP) is 3.45. The Kier molecular flexibility index (Phi) is 3.04. The minimum Gasteiger partial charge on any atom is -0.192 e. The molecule has 4 heteroatoms. The van der Waals surface area contributed by atoms with Gasteiger partial charge in [-0.3, -0.25) is 0 Å². The summed E-state index contributed by atoms with van der Waals surface area (Å²) in [7, 11) is 0. The molecular formula is C11H10F3N. The van der Waals surface area contributed by atoms with Gasteiger partial charge in [0.15, 0.2) is 0 Å². The molecule has 0 saturated heterocycles. The molecule has 0 aromatic heterocycles. The van der Waals surface area contributed by atoms with Crippen LogP contribution in [0.25, 0.3) is 0 Å². The largest absolute Gasteiger partial charge is 0.416 e. The Morgan fingerprint density at radius 3 is 2.33 bits per heavy atom. The normalized spacial score (nSPS) is 11.2. The van der Waals surface area contributed by atoms with Crippen LogP contribution >= 0.6 is 0 Å². The van der Waals surface area contributed by atoms with Crippen molar-refractivity contribution in [2.45, 2.75) is 26.4 Å². The number of hydrogen-bond donors (Lipinski definition) is 0. The topological polar surface area (TPSA) is 23.8 Å². The summed E-state index contributed by atoms with van der Waals surface area (Å²) in [5.74, 6) is 0. The zero-order chi connectivity index (χ0) is 11.6. The standard InChI is InChI=1S/C11H10F3N/c1-3-8-5-9(11(12,13)14)4-7(2)10(8)6-15/h4-5H,3H2,1-2H3. The van der Waals surface area contributed by atoms with Crippen molar-refractivity contribution >= 4 is 0 Å². The van der Waals surface area contributed by atoms with Crippen molar-refractivity contribution in [3.8, 4) is 6.07 Å². The molecule has 0 aliphatic carbocycles. The van der Waals surface area contributed by atoms with E-state index in [-0.39, 0.29) is 0 Å². The van der Waals surface area contributed by atoms with Crippen LogP contribution in [0.15, 0.2) is 12.1 Å². The number of nitrogens with zero attached hydrogens (tertiary/aromatic N) is 1. The molecule has 1 rings (SSSR count). The highest BCUT2D eigenvalue weighted by atomic mass is 19.4. The quantitative estimate of drug-likeness (QED) is 0.700. The third kappa shape index (κ3) is 2.30. The molecule has 0 saturated carbocycles. The molecule has 0 unspecified atom stereocenters. The first-order chi connectivity index (χ1) is 6.90. The van der Waals surface area contributed by atoms with Crippen LogP contribution in [-0.4, -0.2) is 0 Å². The van der Waals surface area contributed by atoms with Gasteiger partial charge in [-0.25, -0.2) is 0 Å². The van der Waals surface area contributed by atoms with E-state index in [0.717, 1.165) is 12.1 Å². The number of alkyl halides is 3. The first kappa shape index (κ1) is 11.6. The zero-order valence-corrected chi connectivity index (χ0v) is 8.44. The van der Waals surface area contributed by atoms with E-state index in [4.69, 9.17) is 5.26 Å². The second-order valence-corrected chi connectivity index (χ2v) is 3.29. The van der Waals surface area contributed by atoms with Crippen LogP contribution in [0.3, 0.4) is 0 Å². The molecule has 0 aliphatic heterocycles. The lowest BCUT2D eigenvalue weighted by atomic mass is 9.97. The molecule has 0 spiro atoms. The molecule has 1 aromatic carbocycles. The van der Waals surface area contributed by atoms with E-state index in [1.54, 1.807) is 6.92 Å². The van der Waals surface area contributed by atoms with Gasteiger partial charge in [0.1, 0.15) is 0 Å². The average Bonchev–Trinajstić information content (AvgIpc) is 2.15. The lowest BCUT2D eigenvalue weighted by Crippen LogP contribution is -2.07. The van der Waals surface area contributed by atoms with E-state index in [1.807, 2.05) is 6.07 Å². The third-order valence-electron chi connectivity index (χ3n) is 2.24. The number of hydrogen-bond acceptors (Lipinski definition) is 1. The highest BCUT2D eigenvalue weighted by molar-refractivity contribution is 5.47. The lowest BCUT2D eigenvalue weighted by molar-refractivity contribution is -0.137. The van der Waals surface area contributed by atoms with Crippen LogP contribution < -0.4 is 0 Å². The van der Waals surface area contributed by atoms with Crippen molar-refractivity contribution in [3.05, 3.63) is 34.4 Å². The number of aryl methyl sites for hydroxylation is 2. The molecule has 0 heterocycles. The summed E-state index contributed by atoms with van der Waals surface area (Å²) in [5.41, 5.74) is 0.496. The number of nitriles is 1. The lowest BCUT2D eigenvalue weighted by Gasteiger charge is -2.11. The second-order valence-electron chi connectivity index (χ2n) is 3.29. The van der Waals surface area contributed by atoms with E-state index in [2.05, 4.69) is 0 Å². The van der Waals surface area contributed by atoms with Crippen molar-refractivity contribution in [2.75, 3.05) is 0 Å². The van der Waals surface area contributed by atoms with E-state index in [1.165, 1.54) is 6.92 Å². The maximum Gasteiger partial charge on any atom is 0.416 e. The zero-order valence-electron chi connectivity index (χ0n) is 8.44. The van der Waals surface area contributed by atoms with Crippen molar-refractivity contribution in [2.24, 2.45) is 0 Å². The van der Waals surface area contributed by atoms with E-state index in [9.17, 15) is 13.2 Å². The second kappa shape index (κ2) is 3.93. The van der Waals surface area contributed by atoms with Crippen LogP contribution in [0.1, 0.15) is 29.2 Å². The van der Waals surface area contributed by atoms with Crippen molar-refractivity contribution in [3.63, 3.8) is 0 Å². The minimum atomic E-state index is -4.34. The van der Waals surface area contributed by atoms with E-state index < -0.39 is 11.7 Å². The van der Waals surface area contributed by atoms with Crippen LogP contribution in [-0.2, 0) is 12.6 Å². The SMILES string of the molecule is CCc1cc(C(F)(F)F)cc(C)c1C#N. The minimum absolute atomic E-state index is 0.352. The van der Waals surface area contributed by atoms with Gasteiger partial charge in [0.25, 0.3) is 0 Å². The van der Waals surface area contributed by atoms with E-state index >= 15 is 0 Å². The monoisotopic (exact) mass is 213 g/mol. The Balaban J connectivity index is 3.40. The van der Waals surface area contributed by atoms with E-state index in [0.29, 0.717) is 23.1 Å². The van der Waals surface area contributed by atoms with Crippen LogP contribution in [0.5, 0.6) is 0 Å². The Morgan fingerprint density at radius 1 is 1.33 bits per heavy atom. The fraction of sp³-hybridized carbons (Fsp3) is 0.364. The smallest absolute Gasteiger partial charge is 0.192 e. The summed E-state index contributed by atoms with van der Waals surface area (Å²) in [6.45, 7) is 3.25. The Morgan fingerprint density at radius 2 is 1.93 bits per heavy atom. The summed E-state index contributed by atoms with van der Waals surface area (Å²) in [6.07, 6.45) is -3.92. The summed E-state index contributed by atoms with van der Waals surface area (Å²) in [6, 6.07) is 3.98. The van der Waals surface area contributed by atoms with Gasteiger partial charge in [0.2, 0.25) is 0 Å². The summed E-state index contributed by atoms with van der Waals surface area (Å²) < 4.78 is 37.3. The molecular weight excluding hydrogens is 203 g/mol. The molecule has 0 radical (unpaired) electrons. The Labute approximate surface area is 86.1 Å². The molecule has 0 amide bonds. The molecule has 0 aliphatic rings.